The maximum Gasteiger partial charge on any atom is 0.410 e. The van der Waals surface area contributed by atoms with Gasteiger partial charge < -0.3 is 14.4 Å². The van der Waals surface area contributed by atoms with Gasteiger partial charge in [0.1, 0.15) is 17.7 Å². The van der Waals surface area contributed by atoms with E-state index in [9.17, 15) is 13.4 Å². The number of carbonyl (C=O) groups excluding carboxylic acids is 1. The van der Waals surface area contributed by atoms with E-state index < -0.39 is 11.0 Å². The Morgan fingerprint density at radius 2 is 1.90 bits per heavy atom. The van der Waals surface area contributed by atoms with Gasteiger partial charge in [-0.3, -0.25) is 0 Å². The van der Waals surface area contributed by atoms with E-state index in [0.717, 1.165) is 30.6 Å². The Morgan fingerprint density at radius 3 is 2.42 bits per heavy atom. The fourth-order valence-corrected chi connectivity index (χ4v) is 3.65. The van der Waals surface area contributed by atoms with Crippen LogP contribution >= 0.6 is 0 Å². The maximum absolute atomic E-state index is 12.3. The molecule has 3 rings (SSSR count). The first kappa shape index (κ1) is 24.8. The van der Waals surface area contributed by atoms with Gasteiger partial charge >= 0.3 is 6.09 Å². The second-order valence-electron chi connectivity index (χ2n) is 7.22. The summed E-state index contributed by atoms with van der Waals surface area (Å²) in [6.45, 7) is 3.36. The Hall–Kier alpha value is -2.45. The van der Waals surface area contributed by atoms with Gasteiger partial charge in [0.05, 0.1) is 24.1 Å². The smallest absolute Gasteiger partial charge is 0.410 e. The molecule has 0 spiro atoms. The molecule has 1 aliphatic heterocycles. The molecule has 1 aliphatic rings. The van der Waals surface area contributed by atoms with Gasteiger partial charge in [-0.1, -0.05) is 30.3 Å². The molecule has 2 aromatic rings. The summed E-state index contributed by atoms with van der Waals surface area (Å²) in [4.78, 5) is 14.1. The van der Waals surface area contributed by atoms with Gasteiger partial charge in [-0.15, -0.1) is 0 Å². The zero-order valence-electron chi connectivity index (χ0n) is 18.3. The third-order valence-corrected chi connectivity index (χ3v) is 5.61. The van der Waals surface area contributed by atoms with Gasteiger partial charge in [0.25, 0.3) is 0 Å². The number of nitrogens with zero attached hydrogens (tertiary/aromatic N) is 1. The van der Waals surface area contributed by atoms with Crippen LogP contribution in [0.15, 0.2) is 54.6 Å². The predicted molar refractivity (Wildman–Crippen MR) is 121 cm³/mol. The molecule has 3 unspecified atom stereocenters. The first-order valence-corrected chi connectivity index (χ1v) is 11.8. The lowest BCUT2D eigenvalue weighted by atomic mass is 10.0. The van der Waals surface area contributed by atoms with E-state index in [2.05, 4.69) is 4.72 Å². The highest BCUT2D eigenvalue weighted by Crippen LogP contribution is 2.27. The van der Waals surface area contributed by atoms with Crippen LogP contribution < -0.4 is 9.46 Å². The van der Waals surface area contributed by atoms with Gasteiger partial charge in [-0.2, -0.15) is 0 Å². The summed E-state index contributed by atoms with van der Waals surface area (Å²) in [5.74, 6) is 0.622. The van der Waals surface area contributed by atoms with Gasteiger partial charge in [-0.05, 0) is 49.6 Å². The van der Waals surface area contributed by atoms with Crippen LogP contribution in [0.2, 0.25) is 0 Å². The van der Waals surface area contributed by atoms with Crippen molar-refractivity contribution in [2.24, 2.45) is 0 Å². The summed E-state index contributed by atoms with van der Waals surface area (Å²) in [7, 11) is 0.644. The number of hydrogen-bond donors (Lipinski definition) is 1. The largest absolute Gasteiger partial charge is 0.497 e. The second kappa shape index (κ2) is 13.1. The highest BCUT2D eigenvalue weighted by Gasteiger charge is 2.30. The number of nitrogens with one attached hydrogen (secondary N) is 1. The average Bonchev–Trinajstić information content (AvgIpc) is 2.77. The van der Waals surface area contributed by atoms with Gasteiger partial charge in [-0.25, -0.2) is 18.1 Å². The van der Waals surface area contributed by atoms with Crippen molar-refractivity contribution < 1.29 is 22.9 Å². The summed E-state index contributed by atoms with van der Waals surface area (Å²) in [5.41, 5.74) is 1.06. The number of methoxy groups -OCH3 is 1. The minimum Gasteiger partial charge on any atom is -0.497 e. The number of amides is 1. The van der Waals surface area contributed by atoms with E-state index >= 15 is 0 Å². The van der Waals surface area contributed by atoms with E-state index in [1.807, 2.05) is 31.2 Å². The first-order chi connectivity index (χ1) is 14.9. The fourth-order valence-electron chi connectivity index (χ4n) is 3.22. The van der Waals surface area contributed by atoms with Crippen molar-refractivity contribution in [2.45, 2.75) is 38.3 Å². The minimum atomic E-state index is -0.990. The van der Waals surface area contributed by atoms with Crippen molar-refractivity contribution in [1.29, 1.82) is 0 Å². The van der Waals surface area contributed by atoms with Crippen LogP contribution in [0.4, 0.5) is 9.18 Å². The zero-order valence-corrected chi connectivity index (χ0v) is 19.1. The molecule has 1 amide bonds. The third kappa shape index (κ3) is 8.67. The molecule has 0 saturated carbocycles. The van der Waals surface area contributed by atoms with Crippen molar-refractivity contribution >= 4 is 17.1 Å². The number of rotatable bonds is 8. The number of hydrogen-bond acceptors (Lipinski definition) is 4. The lowest BCUT2D eigenvalue weighted by Crippen LogP contribution is -2.43. The molecule has 2 aromatic carbocycles. The Bertz CT molecular complexity index is 820. The van der Waals surface area contributed by atoms with Crippen molar-refractivity contribution in [3.8, 4) is 5.75 Å². The van der Waals surface area contributed by atoms with Crippen LogP contribution in [-0.2, 0) is 15.7 Å². The summed E-state index contributed by atoms with van der Waals surface area (Å²) >= 11 is 0. The fraction of sp³-hybridized carbons (Fsp3) is 0.435. The summed E-state index contributed by atoms with van der Waals surface area (Å²) in [5, 5.41) is 0. The van der Waals surface area contributed by atoms with Gasteiger partial charge in [0.2, 0.25) is 0 Å². The highest BCUT2D eigenvalue weighted by molar-refractivity contribution is 7.82. The number of carbonyl (C=O) groups is 1. The minimum absolute atomic E-state index is 0.0338. The molecule has 1 saturated heterocycles. The molecule has 31 heavy (non-hydrogen) atoms. The normalized spacial score (nSPS) is 17.7. The van der Waals surface area contributed by atoms with Gasteiger partial charge in [0.15, 0.2) is 0 Å². The topological polar surface area (TPSA) is 67.9 Å². The second-order valence-corrected chi connectivity index (χ2v) is 8.42. The number of benzene rings is 2. The molecule has 8 heteroatoms. The zero-order chi connectivity index (χ0) is 22.6. The Morgan fingerprint density at radius 1 is 1.23 bits per heavy atom. The summed E-state index contributed by atoms with van der Waals surface area (Å²) in [6, 6.07) is 15.6. The quantitative estimate of drug-likeness (QED) is 0.603. The van der Waals surface area contributed by atoms with Crippen LogP contribution in [0.5, 0.6) is 5.75 Å². The number of halogens is 1. The van der Waals surface area contributed by atoms with E-state index in [4.69, 9.17) is 9.47 Å². The van der Waals surface area contributed by atoms with Crippen molar-refractivity contribution in [3.63, 3.8) is 0 Å². The molecule has 3 atom stereocenters. The lowest BCUT2D eigenvalue weighted by molar-refractivity contribution is 0.00942. The molecule has 6 nitrogen and oxygen atoms in total. The summed E-state index contributed by atoms with van der Waals surface area (Å²) < 4.78 is 36.4. The average molecular weight is 451 g/mol. The maximum atomic E-state index is 12.3. The predicted octanol–water partition coefficient (Wildman–Crippen LogP) is 4.46. The van der Waals surface area contributed by atoms with Crippen molar-refractivity contribution in [3.05, 3.63) is 66.0 Å². The summed E-state index contributed by atoms with van der Waals surface area (Å²) in [6.07, 6.45) is 3.75. The molecule has 170 valence electrons. The van der Waals surface area contributed by atoms with E-state index in [-0.39, 0.29) is 24.1 Å². The monoisotopic (exact) mass is 450 g/mol. The van der Waals surface area contributed by atoms with E-state index in [0.29, 0.717) is 13.1 Å². The third-order valence-electron chi connectivity index (χ3n) is 5.00. The Labute approximate surface area is 186 Å². The van der Waals surface area contributed by atoms with Crippen LogP contribution in [0.3, 0.4) is 0 Å². The number of ether oxygens (including phenoxy) is 2. The molecule has 0 aliphatic carbocycles. The number of cyclic esters (lactones) is 1. The van der Waals surface area contributed by atoms with Crippen LogP contribution in [0.1, 0.15) is 37.8 Å². The molecule has 0 bridgehead atoms. The van der Waals surface area contributed by atoms with Gasteiger partial charge in [0, 0.05) is 25.8 Å². The highest BCUT2D eigenvalue weighted by atomic mass is 32.2. The van der Waals surface area contributed by atoms with E-state index in [1.165, 1.54) is 12.1 Å². The SMILES string of the molecule is COc1ccc(C(C)N2CCC(CCCNS(C)=O)OC2=O)cc1.Fc1ccccc1. The molecule has 0 aromatic heterocycles. The van der Waals surface area contributed by atoms with E-state index in [1.54, 1.807) is 36.5 Å². The molecule has 1 fully saturated rings. The molecule has 1 heterocycles. The Kier molecular flexibility index (Phi) is 10.5. The molecular weight excluding hydrogens is 419 g/mol. The Balaban J connectivity index is 0.000000412. The molecule has 1 N–H and O–H groups in total. The lowest BCUT2D eigenvalue weighted by Gasteiger charge is -2.36. The molecule has 0 radical (unpaired) electrons. The standard InChI is InChI=1S/C17H26N2O4S.C6H5F/c1-13(14-6-8-15(22-2)9-7-14)19-12-10-16(23-17(19)20)5-4-11-18-24(3)21;7-6-4-2-1-3-5-6/h6-9,13,16,18H,4-5,10-12H2,1-3H3;1-5H. The van der Waals surface area contributed by atoms with Crippen LogP contribution in [-0.4, -0.2) is 47.8 Å². The van der Waals surface area contributed by atoms with Crippen molar-refractivity contribution in [2.75, 3.05) is 26.5 Å². The van der Waals surface area contributed by atoms with Crippen LogP contribution in [0, 0.1) is 5.82 Å². The molecular formula is C23H31FN2O4S. The van der Waals surface area contributed by atoms with Crippen LogP contribution in [0.25, 0.3) is 0 Å². The first-order valence-electron chi connectivity index (χ1n) is 10.3. The van der Waals surface area contributed by atoms with Crippen molar-refractivity contribution in [1.82, 2.24) is 9.62 Å².